The van der Waals surface area contributed by atoms with Crippen molar-refractivity contribution in [3.05, 3.63) is 35.4 Å². The van der Waals surface area contributed by atoms with Gasteiger partial charge in [0.25, 0.3) is 0 Å². The number of anilines is 1. The Morgan fingerprint density at radius 1 is 0.900 bits per heavy atom. The molecule has 0 spiro atoms. The zero-order valence-corrected chi connectivity index (χ0v) is 13.8. The Hall–Kier alpha value is -1.57. The average Bonchev–Trinajstić information content (AvgIpc) is 2.34. The largest absolute Gasteiger partial charge is 0.373 e. The van der Waals surface area contributed by atoms with Crippen LogP contribution in [0.1, 0.15) is 52.7 Å². The summed E-state index contributed by atoms with van der Waals surface area (Å²) in [5.74, 6) is 0.980. The fourth-order valence-corrected chi connectivity index (χ4v) is 2.41. The summed E-state index contributed by atoms with van der Waals surface area (Å²) in [6.45, 7) is 13.4. The van der Waals surface area contributed by atoms with Gasteiger partial charge in [0, 0.05) is 18.0 Å². The van der Waals surface area contributed by atoms with Crippen LogP contribution in [0.5, 0.6) is 0 Å². The van der Waals surface area contributed by atoms with Crippen LogP contribution in [-0.2, 0) is 10.8 Å². The van der Waals surface area contributed by atoms with E-state index in [1.54, 1.807) is 0 Å². The van der Waals surface area contributed by atoms with Crippen LogP contribution >= 0.6 is 0 Å². The highest BCUT2D eigenvalue weighted by molar-refractivity contribution is 5.83. The predicted molar refractivity (Wildman–Crippen MR) is 88.7 cm³/mol. The SMILES string of the molecule is CNc1nc2ccc(C(C)(C)C)cc2cc1C(C)(C)C. The lowest BCUT2D eigenvalue weighted by molar-refractivity contribution is 0.589. The first-order valence-corrected chi connectivity index (χ1v) is 7.26. The molecule has 0 bridgehead atoms. The zero-order chi connectivity index (χ0) is 15.1. The van der Waals surface area contributed by atoms with Crippen LogP contribution in [0.2, 0.25) is 0 Å². The third-order valence-corrected chi connectivity index (χ3v) is 3.73. The Balaban J connectivity index is 2.70. The first kappa shape index (κ1) is 14.8. The number of benzene rings is 1. The molecule has 0 aliphatic rings. The molecular formula is C18H26N2. The molecule has 108 valence electrons. The van der Waals surface area contributed by atoms with E-state index in [9.17, 15) is 0 Å². The Labute approximate surface area is 122 Å². The van der Waals surface area contributed by atoms with Gasteiger partial charge in [-0.25, -0.2) is 4.98 Å². The van der Waals surface area contributed by atoms with Crippen molar-refractivity contribution < 1.29 is 0 Å². The van der Waals surface area contributed by atoms with Gasteiger partial charge in [0.2, 0.25) is 0 Å². The number of pyridine rings is 1. The van der Waals surface area contributed by atoms with E-state index in [2.05, 4.69) is 71.1 Å². The lowest BCUT2D eigenvalue weighted by Gasteiger charge is -2.24. The first-order chi connectivity index (χ1) is 9.13. The maximum absolute atomic E-state index is 4.77. The second-order valence-corrected chi connectivity index (χ2v) is 7.54. The summed E-state index contributed by atoms with van der Waals surface area (Å²) in [5.41, 5.74) is 3.91. The third-order valence-electron chi connectivity index (χ3n) is 3.73. The molecule has 0 aliphatic carbocycles. The molecule has 2 rings (SSSR count). The van der Waals surface area contributed by atoms with E-state index in [1.807, 2.05) is 7.05 Å². The Morgan fingerprint density at radius 3 is 2.05 bits per heavy atom. The van der Waals surface area contributed by atoms with Gasteiger partial charge in [-0.15, -0.1) is 0 Å². The van der Waals surface area contributed by atoms with E-state index in [0.717, 1.165) is 11.3 Å². The van der Waals surface area contributed by atoms with Gasteiger partial charge in [-0.3, -0.25) is 0 Å². The summed E-state index contributed by atoms with van der Waals surface area (Å²) in [6.07, 6.45) is 0. The molecule has 1 aromatic heterocycles. The van der Waals surface area contributed by atoms with Crippen LogP contribution in [0.3, 0.4) is 0 Å². The average molecular weight is 270 g/mol. The zero-order valence-electron chi connectivity index (χ0n) is 13.8. The van der Waals surface area contributed by atoms with Gasteiger partial charge in [-0.05, 0) is 34.6 Å². The molecule has 0 amide bonds. The van der Waals surface area contributed by atoms with E-state index in [0.29, 0.717) is 0 Å². The minimum Gasteiger partial charge on any atom is -0.373 e. The molecule has 0 aliphatic heterocycles. The third kappa shape index (κ3) is 2.79. The van der Waals surface area contributed by atoms with Gasteiger partial charge in [-0.1, -0.05) is 47.6 Å². The number of fused-ring (bicyclic) bond motifs is 1. The van der Waals surface area contributed by atoms with Gasteiger partial charge in [0.05, 0.1) is 5.52 Å². The van der Waals surface area contributed by atoms with Crippen molar-refractivity contribution in [3.63, 3.8) is 0 Å². The molecule has 1 N–H and O–H groups in total. The van der Waals surface area contributed by atoms with E-state index < -0.39 is 0 Å². The molecule has 1 aromatic carbocycles. The van der Waals surface area contributed by atoms with Gasteiger partial charge < -0.3 is 5.32 Å². The summed E-state index contributed by atoms with van der Waals surface area (Å²) >= 11 is 0. The Kier molecular flexibility index (Phi) is 3.53. The molecule has 2 heteroatoms. The van der Waals surface area contributed by atoms with E-state index in [4.69, 9.17) is 4.98 Å². The summed E-state index contributed by atoms with van der Waals surface area (Å²) in [5, 5.41) is 4.45. The van der Waals surface area contributed by atoms with E-state index >= 15 is 0 Å². The lowest BCUT2D eigenvalue weighted by atomic mass is 9.84. The Morgan fingerprint density at radius 2 is 1.55 bits per heavy atom. The highest BCUT2D eigenvalue weighted by atomic mass is 15.0. The topological polar surface area (TPSA) is 24.9 Å². The van der Waals surface area contributed by atoms with Crippen LogP contribution in [0.4, 0.5) is 5.82 Å². The molecule has 0 saturated heterocycles. The molecular weight excluding hydrogens is 244 g/mol. The van der Waals surface area contributed by atoms with Crippen molar-refractivity contribution >= 4 is 16.7 Å². The molecule has 2 aromatic rings. The molecule has 0 fully saturated rings. The van der Waals surface area contributed by atoms with Gasteiger partial charge in [0.15, 0.2) is 0 Å². The summed E-state index contributed by atoms with van der Waals surface area (Å²) in [4.78, 5) is 4.77. The van der Waals surface area contributed by atoms with Crippen LogP contribution in [0, 0.1) is 0 Å². The second-order valence-electron chi connectivity index (χ2n) is 7.54. The van der Waals surface area contributed by atoms with Crippen LogP contribution in [0.15, 0.2) is 24.3 Å². The van der Waals surface area contributed by atoms with Gasteiger partial charge in [-0.2, -0.15) is 0 Å². The number of hydrogen-bond donors (Lipinski definition) is 1. The molecule has 0 unspecified atom stereocenters. The van der Waals surface area contributed by atoms with Crippen LogP contribution in [-0.4, -0.2) is 12.0 Å². The maximum Gasteiger partial charge on any atom is 0.130 e. The van der Waals surface area contributed by atoms with Crippen LogP contribution in [0.25, 0.3) is 10.9 Å². The minimum absolute atomic E-state index is 0.0806. The second kappa shape index (κ2) is 4.76. The molecule has 1 heterocycles. The van der Waals surface area contributed by atoms with Crippen molar-refractivity contribution in [1.82, 2.24) is 4.98 Å². The first-order valence-electron chi connectivity index (χ1n) is 7.26. The number of rotatable bonds is 1. The molecule has 0 atom stereocenters. The molecule has 2 nitrogen and oxygen atoms in total. The predicted octanol–water partition coefficient (Wildman–Crippen LogP) is 4.87. The fourth-order valence-electron chi connectivity index (χ4n) is 2.41. The highest BCUT2D eigenvalue weighted by Gasteiger charge is 2.20. The van der Waals surface area contributed by atoms with E-state index in [-0.39, 0.29) is 10.8 Å². The van der Waals surface area contributed by atoms with Crippen molar-refractivity contribution in [2.24, 2.45) is 0 Å². The summed E-state index contributed by atoms with van der Waals surface area (Å²) in [6, 6.07) is 8.87. The lowest BCUT2D eigenvalue weighted by Crippen LogP contribution is -2.15. The van der Waals surface area contributed by atoms with Gasteiger partial charge in [0.1, 0.15) is 5.82 Å². The molecule has 0 radical (unpaired) electrons. The minimum atomic E-state index is 0.0806. The normalized spacial score (nSPS) is 12.8. The van der Waals surface area contributed by atoms with Crippen molar-refractivity contribution in [3.8, 4) is 0 Å². The standard InChI is InChI=1S/C18H26N2/c1-17(2,3)13-8-9-15-12(10-13)11-14(18(4,5)6)16(19-7)20-15/h8-11H,1-7H3,(H,19,20). The number of nitrogens with one attached hydrogen (secondary N) is 1. The molecule has 20 heavy (non-hydrogen) atoms. The smallest absolute Gasteiger partial charge is 0.130 e. The number of aromatic nitrogens is 1. The fraction of sp³-hybridized carbons (Fsp3) is 0.500. The van der Waals surface area contributed by atoms with Gasteiger partial charge >= 0.3 is 0 Å². The van der Waals surface area contributed by atoms with Crippen molar-refractivity contribution in [2.75, 3.05) is 12.4 Å². The van der Waals surface area contributed by atoms with Crippen molar-refractivity contribution in [1.29, 1.82) is 0 Å². The maximum atomic E-state index is 4.77. The monoisotopic (exact) mass is 270 g/mol. The quantitative estimate of drug-likeness (QED) is 0.799. The number of nitrogens with zero attached hydrogens (tertiary/aromatic N) is 1. The summed E-state index contributed by atoms with van der Waals surface area (Å²) < 4.78 is 0. The summed E-state index contributed by atoms with van der Waals surface area (Å²) in [7, 11) is 1.94. The Bertz CT molecular complexity index is 628. The number of hydrogen-bond acceptors (Lipinski definition) is 2. The van der Waals surface area contributed by atoms with Crippen molar-refractivity contribution in [2.45, 2.75) is 52.4 Å². The molecule has 0 saturated carbocycles. The highest BCUT2D eigenvalue weighted by Crippen LogP contribution is 2.33. The van der Waals surface area contributed by atoms with Crippen LogP contribution < -0.4 is 5.32 Å². The van der Waals surface area contributed by atoms with E-state index in [1.165, 1.54) is 16.5 Å².